The van der Waals surface area contributed by atoms with Crippen molar-refractivity contribution in [3.8, 4) is 0 Å². The van der Waals surface area contributed by atoms with Gasteiger partial charge in [-0.3, -0.25) is 4.79 Å². The van der Waals surface area contributed by atoms with Crippen LogP contribution in [0, 0.1) is 0 Å². The van der Waals surface area contributed by atoms with Crippen LogP contribution in [0.4, 0.5) is 19.1 Å². The van der Waals surface area contributed by atoms with E-state index in [1.807, 2.05) is 6.92 Å². The number of rotatable bonds is 4. The van der Waals surface area contributed by atoms with Gasteiger partial charge in [-0.2, -0.15) is 23.3 Å². The Morgan fingerprint density at radius 2 is 2.10 bits per heavy atom. The molecule has 29 heavy (non-hydrogen) atoms. The van der Waals surface area contributed by atoms with Gasteiger partial charge in [0, 0.05) is 9.35 Å². The Morgan fingerprint density at radius 1 is 1.31 bits per heavy atom. The average molecular weight is 483 g/mol. The van der Waals surface area contributed by atoms with Gasteiger partial charge in [0.25, 0.3) is 0 Å². The lowest BCUT2D eigenvalue weighted by Gasteiger charge is -2.30. The number of hydrogen-bond donors (Lipinski definition) is 1. The second-order valence-electron chi connectivity index (χ2n) is 6.35. The molecule has 2 aromatic heterocycles. The molecule has 0 saturated heterocycles. The lowest BCUT2D eigenvalue weighted by atomic mass is 9.91. The van der Waals surface area contributed by atoms with E-state index in [4.69, 9.17) is 0 Å². The molecule has 1 unspecified atom stereocenters. The van der Waals surface area contributed by atoms with Gasteiger partial charge in [0.15, 0.2) is 0 Å². The minimum absolute atomic E-state index is 0.0701. The van der Waals surface area contributed by atoms with Crippen LogP contribution in [-0.4, -0.2) is 26.7 Å². The van der Waals surface area contributed by atoms with Crippen LogP contribution < -0.4 is 5.32 Å². The van der Waals surface area contributed by atoms with Crippen molar-refractivity contribution in [2.75, 3.05) is 5.32 Å². The quantitative estimate of drug-likeness (QED) is 0.507. The summed E-state index contributed by atoms with van der Waals surface area (Å²) >= 11 is 4.54. The summed E-state index contributed by atoms with van der Waals surface area (Å²) in [6.45, 7) is 1.93. The summed E-state index contributed by atoms with van der Waals surface area (Å²) in [6.07, 6.45) is -2.91. The van der Waals surface area contributed by atoms with Gasteiger partial charge in [0.2, 0.25) is 11.7 Å². The Hall–Kier alpha value is -2.46. The lowest BCUT2D eigenvalue weighted by molar-refractivity contribution is -0.0918. The van der Waals surface area contributed by atoms with Crippen LogP contribution in [0.1, 0.15) is 33.1 Å². The van der Waals surface area contributed by atoms with Crippen LogP contribution in [0.5, 0.6) is 0 Å². The van der Waals surface area contributed by atoms with Gasteiger partial charge in [-0.05, 0) is 36.2 Å². The van der Waals surface area contributed by atoms with E-state index in [9.17, 15) is 18.0 Å². The third-order valence-corrected chi connectivity index (χ3v) is 6.25. The number of nitrogens with one attached hydrogen (secondary N) is 1. The Balaban J connectivity index is 1.96. The minimum Gasteiger partial charge on any atom is -0.320 e. The van der Waals surface area contributed by atoms with E-state index in [0.717, 1.165) is 11.2 Å². The molecule has 0 radical (unpaired) electrons. The third kappa shape index (κ3) is 3.62. The summed E-state index contributed by atoms with van der Waals surface area (Å²) in [4.78, 5) is 18.4. The number of aromatic nitrogens is 3. The number of benzene rings is 1. The van der Waals surface area contributed by atoms with E-state index >= 15 is 0 Å². The number of hydrogen-bond acceptors (Lipinski definition) is 5. The molecular weight excluding hydrogens is 469 g/mol. The summed E-state index contributed by atoms with van der Waals surface area (Å²) < 4.78 is 43.9. The maximum absolute atomic E-state index is 14.0. The molecule has 1 atom stereocenters. The SMILES string of the molecule is CCc1ccc(C(=O)C2=C(C(F)(F)F)Nc3ncnn3C2c2cccc(Br)c2)s1. The molecule has 0 aliphatic carbocycles. The number of carbonyl (C=O) groups excluding carboxylic acids is 1. The second kappa shape index (κ2) is 7.42. The highest BCUT2D eigenvalue weighted by molar-refractivity contribution is 9.10. The molecule has 3 aromatic rings. The standard InChI is InChI=1S/C19H14BrF3N4OS/c1-2-12-6-7-13(29-12)16(28)14-15(10-4-3-5-11(20)8-10)27-18(24-9-25-27)26-17(14)19(21,22)23/h3-9,15H,2H2,1H3,(H,24,25,26). The number of alkyl halides is 3. The topological polar surface area (TPSA) is 59.8 Å². The molecule has 0 saturated carbocycles. The van der Waals surface area contributed by atoms with Crippen molar-refractivity contribution in [2.45, 2.75) is 25.6 Å². The van der Waals surface area contributed by atoms with Gasteiger partial charge in [-0.15, -0.1) is 11.3 Å². The first-order valence-electron chi connectivity index (χ1n) is 8.66. The smallest absolute Gasteiger partial charge is 0.320 e. The number of allylic oxidation sites excluding steroid dienone is 2. The van der Waals surface area contributed by atoms with Gasteiger partial charge in [-0.25, -0.2) is 4.68 Å². The zero-order valence-electron chi connectivity index (χ0n) is 15.0. The van der Waals surface area contributed by atoms with Gasteiger partial charge < -0.3 is 5.32 Å². The maximum atomic E-state index is 14.0. The summed E-state index contributed by atoms with van der Waals surface area (Å²) in [7, 11) is 0. The lowest BCUT2D eigenvalue weighted by Crippen LogP contribution is -2.35. The first-order chi connectivity index (χ1) is 13.8. The molecule has 4 rings (SSSR count). The van der Waals surface area contributed by atoms with Crippen LogP contribution >= 0.6 is 27.3 Å². The number of fused-ring (bicyclic) bond motifs is 1. The Bertz CT molecular complexity index is 1120. The first-order valence-corrected chi connectivity index (χ1v) is 10.3. The van der Waals surface area contributed by atoms with Crippen LogP contribution in [-0.2, 0) is 6.42 Å². The number of Topliss-reactive ketones (excluding diaryl/α,β-unsaturated/α-hetero) is 1. The average Bonchev–Trinajstić information content (AvgIpc) is 3.34. The number of halogens is 4. The third-order valence-electron chi connectivity index (χ3n) is 4.52. The number of ketones is 1. The van der Waals surface area contributed by atoms with E-state index in [0.29, 0.717) is 16.5 Å². The van der Waals surface area contributed by atoms with Gasteiger partial charge in [0.1, 0.15) is 18.1 Å². The van der Waals surface area contributed by atoms with Crippen LogP contribution in [0.25, 0.3) is 0 Å². The van der Waals surface area contributed by atoms with Crippen molar-refractivity contribution in [3.05, 3.63) is 73.8 Å². The van der Waals surface area contributed by atoms with Crippen molar-refractivity contribution in [3.63, 3.8) is 0 Å². The summed E-state index contributed by atoms with van der Waals surface area (Å²) in [5.41, 5.74) is -1.03. The van der Waals surface area contributed by atoms with Crippen molar-refractivity contribution in [1.29, 1.82) is 0 Å². The highest BCUT2D eigenvalue weighted by atomic mass is 79.9. The van der Waals surface area contributed by atoms with E-state index in [2.05, 4.69) is 31.3 Å². The van der Waals surface area contributed by atoms with E-state index in [1.165, 1.54) is 16.0 Å². The molecule has 0 spiro atoms. The van der Waals surface area contributed by atoms with E-state index in [1.54, 1.807) is 36.4 Å². The van der Waals surface area contributed by atoms with Crippen molar-refractivity contribution < 1.29 is 18.0 Å². The number of carbonyl (C=O) groups is 1. The molecule has 1 aromatic carbocycles. The number of thiophene rings is 1. The Kier molecular flexibility index (Phi) is 5.07. The second-order valence-corrected chi connectivity index (χ2v) is 8.43. The fourth-order valence-corrected chi connectivity index (χ4v) is 4.55. The zero-order chi connectivity index (χ0) is 20.8. The van der Waals surface area contributed by atoms with Crippen LogP contribution in [0.15, 0.2) is 58.5 Å². The molecule has 10 heteroatoms. The molecule has 1 aliphatic rings. The van der Waals surface area contributed by atoms with Gasteiger partial charge >= 0.3 is 6.18 Å². The molecule has 0 amide bonds. The van der Waals surface area contributed by atoms with Gasteiger partial charge in [-0.1, -0.05) is 35.0 Å². The summed E-state index contributed by atoms with van der Waals surface area (Å²) in [5, 5.41) is 6.35. The van der Waals surface area contributed by atoms with Gasteiger partial charge in [0.05, 0.1) is 10.5 Å². The normalized spacial score (nSPS) is 16.5. The summed E-state index contributed by atoms with van der Waals surface area (Å²) in [5.74, 6) is -0.750. The molecule has 3 heterocycles. The van der Waals surface area contributed by atoms with Crippen molar-refractivity contribution in [1.82, 2.24) is 14.8 Å². The molecule has 1 N–H and O–H groups in total. The molecule has 0 fully saturated rings. The minimum atomic E-state index is -4.77. The summed E-state index contributed by atoms with van der Waals surface area (Å²) in [6, 6.07) is 9.07. The Labute approximate surface area is 176 Å². The molecule has 150 valence electrons. The predicted octanol–water partition coefficient (Wildman–Crippen LogP) is 5.38. The highest BCUT2D eigenvalue weighted by Crippen LogP contribution is 2.42. The molecule has 0 bridgehead atoms. The number of anilines is 1. The maximum Gasteiger partial charge on any atom is 0.431 e. The monoisotopic (exact) mass is 482 g/mol. The number of nitrogens with zero attached hydrogens (tertiary/aromatic N) is 3. The van der Waals surface area contributed by atoms with Crippen LogP contribution in [0.2, 0.25) is 0 Å². The van der Waals surface area contributed by atoms with Crippen molar-refractivity contribution in [2.24, 2.45) is 0 Å². The molecule has 5 nitrogen and oxygen atoms in total. The molecular formula is C19H14BrF3N4OS. The first kappa shape index (κ1) is 19.8. The largest absolute Gasteiger partial charge is 0.431 e. The Morgan fingerprint density at radius 3 is 2.76 bits per heavy atom. The van der Waals surface area contributed by atoms with E-state index < -0.39 is 29.3 Å². The predicted molar refractivity (Wildman–Crippen MR) is 107 cm³/mol. The van der Waals surface area contributed by atoms with E-state index in [-0.39, 0.29) is 10.8 Å². The highest BCUT2D eigenvalue weighted by Gasteiger charge is 2.46. The number of aryl methyl sites for hydroxylation is 1. The fraction of sp³-hybridized carbons (Fsp3) is 0.211. The molecule has 1 aliphatic heterocycles. The van der Waals surface area contributed by atoms with Crippen molar-refractivity contribution >= 4 is 39.0 Å². The fourth-order valence-electron chi connectivity index (χ4n) is 3.24. The van der Waals surface area contributed by atoms with Crippen LogP contribution in [0.3, 0.4) is 0 Å². The zero-order valence-corrected chi connectivity index (χ0v) is 17.4.